The molecule has 2 rings (SSSR count). The van der Waals surface area contributed by atoms with E-state index in [9.17, 15) is 0 Å². The van der Waals surface area contributed by atoms with Crippen LogP contribution in [0.15, 0.2) is 24.8 Å². The van der Waals surface area contributed by atoms with Gasteiger partial charge in [-0.25, -0.2) is 0 Å². The molecule has 1 heteroatoms. The van der Waals surface area contributed by atoms with Gasteiger partial charge in [0.15, 0.2) is 0 Å². The average molecular weight is 288 g/mol. The van der Waals surface area contributed by atoms with Crippen molar-refractivity contribution in [3.05, 3.63) is 24.8 Å². The molecule has 0 heterocycles. The Morgan fingerprint density at radius 1 is 1.46 bits per heavy atom. The van der Waals surface area contributed by atoms with E-state index in [2.05, 4.69) is 47.4 Å². The van der Waals surface area contributed by atoms with Gasteiger partial charge in [-0.3, -0.25) is 0 Å². The number of hydrogen-bond acceptors (Lipinski definition) is 0. The largest absolute Gasteiger partial charge is 0.103 e. The Hall–Kier alpha value is 0.210. The van der Waals surface area contributed by atoms with Crippen LogP contribution < -0.4 is 0 Å². The van der Waals surface area contributed by atoms with Crippen LogP contribution in [0.3, 0.4) is 0 Å². The number of alkyl halides is 1. The summed E-state index contributed by atoms with van der Waals surface area (Å²) in [4.78, 5) is 0. The van der Waals surface area contributed by atoms with Crippen LogP contribution in [0, 0.1) is 17.8 Å². The van der Waals surface area contributed by atoms with E-state index in [4.69, 9.17) is 0 Å². The van der Waals surface area contributed by atoms with Gasteiger partial charge < -0.3 is 0 Å². The molecule has 0 aromatic heterocycles. The summed E-state index contributed by atoms with van der Waals surface area (Å²) in [6.45, 7) is 3.88. The van der Waals surface area contributed by atoms with Crippen LogP contribution in [0.25, 0.3) is 0 Å². The molecule has 0 spiro atoms. The molecule has 0 bridgehead atoms. The van der Waals surface area contributed by atoms with Crippen molar-refractivity contribution in [3.63, 3.8) is 0 Å². The second kappa shape index (κ2) is 4.16. The van der Waals surface area contributed by atoms with E-state index in [1.807, 2.05) is 0 Å². The highest BCUT2D eigenvalue weighted by Crippen LogP contribution is 2.49. The van der Waals surface area contributed by atoms with Gasteiger partial charge >= 0.3 is 0 Å². The molecule has 0 aliphatic heterocycles. The third-order valence-corrected chi connectivity index (χ3v) is 5.30. The van der Waals surface area contributed by atoms with Gasteiger partial charge in [0.25, 0.3) is 0 Å². The van der Waals surface area contributed by atoms with E-state index >= 15 is 0 Å². The van der Waals surface area contributed by atoms with Crippen molar-refractivity contribution in [1.29, 1.82) is 0 Å². The van der Waals surface area contributed by atoms with Crippen LogP contribution in [-0.2, 0) is 0 Å². The zero-order valence-electron chi connectivity index (χ0n) is 7.95. The summed E-state index contributed by atoms with van der Waals surface area (Å²) in [6.07, 6.45) is 12.3. The smallest absolute Gasteiger partial charge is 0.0175 e. The van der Waals surface area contributed by atoms with E-state index in [1.165, 1.54) is 25.7 Å². The normalized spacial score (nSPS) is 39.9. The Morgan fingerprint density at radius 2 is 2.31 bits per heavy atom. The lowest BCUT2D eigenvalue weighted by atomic mass is 9.89. The van der Waals surface area contributed by atoms with Gasteiger partial charge in [0, 0.05) is 3.92 Å². The van der Waals surface area contributed by atoms with Crippen LogP contribution in [0.1, 0.15) is 25.7 Å². The molecule has 0 aromatic rings. The molecule has 1 fully saturated rings. The van der Waals surface area contributed by atoms with E-state index in [0.29, 0.717) is 0 Å². The Balaban J connectivity index is 1.86. The zero-order chi connectivity index (χ0) is 9.26. The molecule has 2 aliphatic rings. The number of halogens is 1. The molecule has 13 heavy (non-hydrogen) atoms. The summed E-state index contributed by atoms with van der Waals surface area (Å²) in [7, 11) is 0. The molecule has 0 radical (unpaired) electrons. The second-order valence-corrected chi connectivity index (χ2v) is 5.73. The van der Waals surface area contributed by atoms with Crippen molar-refractivity contribution in [2.75, 3.05) is 0 Å². The summed E-state index contributed by atoms with van der Waals surface area (Å²) in [5, 5.41) is 0. The Kier molecular flexibility index (Phi) is 3.12. The van der Waals surface area contributed by atoms with E-state index in [1.54, 1.807) is 0 Å². The molecule has 0 N–H and O–H groups in total. The molecule has 4 atom stereocenters. The summed E-state index contributed by atoms with van der Waals surface area (Å²) >= 11 is 2.67. The maximum absolute atomic E-state index is 3.88. The van der Waals surface area contributed by atoms with Crippen molar-refractivity contribution in [1.82, 2.24) is 0 Å². The number of hydrogen-bond donors (Lipinski definition) is 0. The lowest BCUT2D eigenvalue weighted by Gasteiger charge is -2.23. The fourth-order valence-corrected chi connectivity index (χ4v) is 3.81. The van der Waals surface area contributed by atoms with Crippen LogP contribution in [0.4, 0.5) is 0 Å². The highest BCUT2D eigenvalue weighted by molar-refractivity contribution is 14.1. The van der Waals surface area contributed by atoms with Crippen LogP contribution in [0.5, 0.6) is 0 Å². The van der Waals surface area contributed by atoms with Crippen molar-refractivity contribution in [2.24, 2.45) is 17.8 Å². The summed E-state index contributed by atoms with van der Waals surface area (Å²) in [5.41, 5.74) is 0. The molecule has 4 unspecified atom stereocenters. The van der Waals surface area contributed by atoms with Gasteiger partial charge in [-0.15, -0.1) is 6.58 Å². The standard InChI is InChI=1S/C12H17I/c1-2-9-8-11(9)12(13)10-6-4-3-5-7-10/h2-4,9-12H,1,5-8H2. The fourth-order valence-electron chi connectivity index (χ4n) is 2.33. The summed E-state index contributed by atoms with van der Waals surface area (Å²) < 4.78 is 0.894. The molecule has 0 amide bonds. The highest BCUT2D eigenvalue weighted by atomic mass is 127. The van der Waals surface area contributed by atoms with Crippen LogP contribution in [0.2, 0.25) is 0 Å². The molecule has 2 aliphatic carbocycles. The maximum Gasteiger partial charge on any atom is 0.0175 e. The molecule has 72 valence electrons. The van der Waals surface area contributed by atoms with Crippen molar-refractivity contribution in [2.45, 2.75) is 29.6 Å². The Morgan fingerprint density at radius 3 is 2.85 bits per heavy atom. The fraction of sp³-hybridized carbons (Fsp3) is 0.667. The molecule has 0 saturated heterocycles. The minimum Gasteiger partial charge on any atom is -0.103 e. The predicted molar refractivity (Wildman–Crippen MR) is 66.1 cm³/mol. The lowest BCUT2D eigenvalue weighted by molar-refractivity contribution is 0.442. The van der Waals surface area contributed by atoms with Crippen LogP contribution in [-0.4, -0.2) is 3.92 Å². The van der Waals surface area contributed by atoms with Gasteiger partial charge in [0.2, 0.25) is 0 Å². The monoisotopic (exact) mass is 288 g/mol. The van der Waals surface area contributed by atoms with E-state index in [-0.39, 0.29) is 0 Å². The van der Waals surface area contributed by atoms with E-state index in [0.717, 1.165) is 21.7 Å². The Labute approximate surface area is 94.6 Å². The third kappa shape index (κ3) is 2.17. The first-order chi connectivity index (χ1) is 6.33. The SMILES string of the molecule is C=CC1CC1C(I)C1CC=CCC1. The molecular formula is C12H17I. The minimum atomic E-state index is 0.841. The molecule has 0 nitrogen and oxygen atoms in total. The summed E-state index contributed by atoms with van der Waals surface area (Å²) in [6, 6.07) is 0. The van der Waals surface area contributed by atoms with Crippen LogP contribution >= 0.6 is 22.6 Å². The van der Waals surface area contributed by atoms with Gasteiger partial charge in [-0.2, -0.15) is 0 Å². The zero-order valence-corrected chi connectivity index (χ0v) is 10.1. The van der Waals surface area contributed by atoms with Gasteiger partial charge in [-0.05, 0) is 43.4 Å². The lowest BCUT2D eigenvalue weighted by Crippen LogP contribution is -2.18. The number of rotatable bonds is 3. The van der Waals surface area contributed by atoms with Crippen molar-refractivity contribution >= 4 is 22.6 Å². The molecule has 1 saturated carbocycles. The highest BCUT2D eigenvalue weighted by Gasteiger charge is 2.42. The first kappa shape index (κ1) is 9.75. The minimum absolute atomic E-state index is 0.841. The van der Waals surface area contributed by atoms with Gasteiger partial charge in [-0.1, -0.05) is 40.8 Å². The molecular weight excluding hydrogens is 271 g/mol. The van der Waals surface area contributed by atoms with Crippen molar-refractivity contribution in [3.8, 4) is 0 Å². The van der Waals surface area contributed by atoms with Gasteiger partial charge in [0.05, 0.1) is 0 Å². The first-order valence-corrected chi connectivity index (χ1v) is 6.49. The third-order valence-electron chi connectivity index (χ3n) is 3.36. The second-order valence-electron chi connectivity index (χ2n) is 4.29. The summed E-state index contributed by atoms with van der Waals surface area (Å²) in [5.74, 6) is 2.74. The topological polar surface area (TPSA) is 0 Å². The number of allylic oxidation sites excluding steroid dienone is 3. The maximum atomic E-state index is 3.88. The predicted octanol–water partition coefficient (Wildman–Crippen LogP) is 3.97. The van der Waals surface area contributed by atoms with E-state index < -0.39 is 0 Å². The Bertz CT molecular complexity index is 219. The quantitative estimate of drug-likeness (QED) is 0.419. The van der Waals surface area contributed by atoms with Gasteiger partial charge in [0.1, 0.15) is 0 Å². The van der Waals surface area contributed by atoms with Crippen molar-refractivity contribution < 1.29 is 0 Å². The molecule has 0 aromatic carbocycles. The first-order valence-electron chi connectivity index (χ1n) is 5.24. The average Bonchev–Trinajstić information content (AvgIpc) is 2.97.